The standard InChI is InChI=1S/C20H14ClF3NO3PS/c21-14-4-5-18-15(9-14)17(11-30-18)16(10-29(27)28)19(26)25-7-6-12-2-1-3-13(8-12)20(22,23)24/h1-9,11,16H,10H2,(H-,25,26,27,28)/p+1/b7-6+. The van der Waals surface area contributed by atoms with Crippen molar-refractivity contribution < 1.29 is 27.4 Å². The fourth-order valence-corrected chi connectivity index (χ4v) is 4.75. The van der Waals surface area contributed by atoms with Crippen LogP contribution in [0.15, 0.2) is 54.0 Å². The van der Waals surface area contributed by atoms with E-state index in [2.05, 4.69) is 5.32 Å². The van der Waals surface area contributed by atoms with Crippen molar-refractivity contribution in [2.75, 3.05) is 6.16 Å². The number of halogens is 4. The number of fused-ring (bicyclic) bond motifs is 1. The summed E-state index contributed by atoms with van der Waals surface area (Å²) in [7, 11) is -2.60. The van der Waals surface area contributed by atoms with Crippen LogP contribution >= 0.6 is 31.0 Å². The normalized spacial score (nSPS) is 13.6. The van der Waals surface area contributed by atoms with Gasteiger partial charge in [0.2, 0.25) is 5.91 Å². The van der Waals surface area contributed by atoms with Gasteiger partial charge in [-0.3, -0.25) is 4.79 Å². The number of alkyl halides is 3. The van der Waals surface area contributed by atoms with Gasteiger partial charge in [-0.15, -0.1) is 11.3 Å². The number of carbonyl (C=O) groups excluding carboxylic acids is 1. The van der Waals surface area contributed by atoms with Crippen LogP contribution in [0.1, 0.15) is 22.6 Å². The van der Waals surface area contributed by atoms with Crippen molar-refractivity contribution in [1.29, 1.82) is 0 Å². The number of amides is 1. The molecule has 1 heterocycles. The maximum atomic E-state index is 12.8. The van der Waals surface area contributed by atoms with Crippen molar-refractivity contribution in [3.63, 3.8) is 0 Å². The lowest BCUT2D eigenvalue weighted by Gasteiger charge is -2.10. The predicted octanol–water partition coefficient (Wildman–Crippen LogP) is 6.18. The maximum Gasteiger partial charge on any atom is 0.506 e. The summed E-state index contributed by atoms with van der Waals surface area (Å²) in [5.74, 6) is -1.47. The molecule has 0 bridgehead atoms. The zero-order valence-electron chi connectivity index (χ0n) is 15.2. The molecule has 2 N–H and O–H groups in total. The van der Waals surface area contributed by atoms with Crippen LogP contribution < -0.4 is 5.32 Å². The molecular formula is C20H15ClF3NO3PS+. The first-order chi connectivity index (χ1) is 14.1. The highest BCUT2D eigenvalue weighted by Crippen LogP contribution is 2.36. The molecule has 3 rings (SSSR count). The number of carbonyl (C=O) groups is 1. The minimum atomic E-state index is -4.47. The summed E-state index contributed by atoms with van der Waals surface area (Å²) in [4.78, 5) is 22.1. The van der Waals surface area contributed by atoms with E-state index in [-0.39, 0.29) is 11.7 Å². The largest absolute Gasteiger partial charge is 0.506 e. The Hall–Kier alpha value is -2.25. The number of nitrogens with one attached hydrogen (secondary N) is 1. The maximum absolute atomic E-state index is 12.8. The molecule has 3 aromatic rings. The summed E-state index contributed by atoms with van der Waals surface area (Å²) in [5, 5.41) is 5.42. The van der Waals surface area contributed by atoms with Crippen molar-refractivity contribution in [2.45, 2.75) is 12.1 Å². The number of hydrogen-bond acceptors (Lipinski definition) is 3. The van der Waals surface area contributed by atoms with Crippen LogP contribution in [0.3, 0.4) is 0 Å². The van der Waals surface area contributed by atoms with Crippen LogP contribution in [0.5, 0.6) is 0 Å². The molecule has 2 aromatic carbocycles. The van der Waals surface area contributed by atoms with Crippen molar-refractivity contribution in [3.8, 4) is 0 Å². The van der Waals surface area contributed by atoms with Crippen LogP contribution in [0.25, 0.3) is 16.2 Å². The number of benzene rings is 2. The zero-order chi connectivity index (χ0) is 21.9. The third-order valence-corrected chi connectivity index (χ3v) is 6.21. The third kappa shape index (κ3) is 5.46. The molecular weight excluding hydrogens is 458 g/mol. The first-order valence-corrected chi connectivity index (χ1v) is 11.2. The van der Waals surface area contributed by atoms with Gasteiger partial charge in [0, 0.05) is 15.9 Å². The quantitative estimate of drug-likeness (QED) is 0.421. The Kier molecular flexibility index (Phi) is 6.93. The first kappa shape index (κ1) is 22.4. The van der Waals surface area contributed by atoms with Gasteiger partial charge in [-0.25, -0.2) is 0 Å². The molecule has 0 saturated carbocycles. The molecule has 0 spiro atoms. The summed E-state index contributed by atoms with van der Waals surface area (Å²) in [6, 6.07) is 9.84. The van der Waals surface area contributed by atoms with E-state index in [4.69, 9.17) is 11.6 Å². The Morgan fingerprint density at radius 1 is 1.27 bits per heavy atom. The second-order valence-corrected chi connectivity index (χ2v) is 8.80. The van der Waals surface area contributed by atoms with E-state index in [9.17, 15) is 27.4 Å². The van der Waals surface area contributed by atoms with Gasteiger partial charge in [-0.2, -0.15) is 18.1 Å². The molecule has 0 aliphatic rings. The van der Waals surface area contributed by atoms with E-state index < -0.39 is 31.6 Å². The van der Waals surface area contributed by atoms with Crippen LogP contribution in [-0.4, -0.2) is 17.0 Å². The van der Waals surface area contributed by atoms with Crippen LogP contribution in [0, 0.1) is 0 Å². The molecule has 0 fully saturated rings. The summed E-state index contributed by atoms with van der Waals surface area (Å²) in [5.41, 5.74) is 0.0234. The van der Waals surface area contributed by atoms with Crippen molar-refractivity contribution in [3.05, 3.63) is 75.8 Å². The molecule has 0 saturated heterocycles. The third-order valence-electron chi connectivity index (χ3n) is 4.31. The molecule has 2 atom stereocenters. The predicted molar refractivity (Wildman–Crippen MR) is 113 cm³/mol. The lowest BCUT2D eigenvalue weighted by atomic mass is 9.99. The monoisotopic (exact) mass is 472 g/mol. The highest BCUT2D eigenvalue weighted by atomic mass is 35.5. The van der Waals surface area contributed by atoms with Gasteiger partial charge >= 0.3 is 14.2 Å². The molecule has 4 nitrogen and oxygen atoms in total. The highest BCUT2D eigenvalue weighted by Gasteiger charge is 2.32. The van der Waals surface area contributed by atoms with Crippen molar-refractivity contribution in [1.82, 2.24) is 5.32 Å². The SMILES string of the molecule is O=C(N/C=C/c1cccc(C(F)(F)F)c1)C(C[P+](=O)O)c1csc2ccc(Cl)cc12. The van der Waals surface area contributed by atoms with Gasteiger partial charge in [0.1, 0.15) is 5.92 Å². The Balaban J connectivity index is 1.82. The Bertz CT molecular complexity index is 1130. The highest BCUT2D eigenvalue weighted by molar-refractivity contribution is 7.38. The van der Waals surface area contributed by atoms with Crippen LogP contribution in [0.4, 0.5) is 13.2 Å². The molecule has 156 valence electrons. The summed E-state index contributed by atoms with van der Waals surface area (Å²) in [6.07, 6.45) is -2.22. The minimum absolute atomic E-state index is 0.252. The molecule has 1 aromatic heterocycles. The number of rotatable bonds is 6. The fourth-order valence-electron chi connectivity index (χ4n) is 2.91. The van der Waals surface area contributed by atoms with Gasteiger partial charge < -0.3 is 5.32 Å². The average Bonchev–Trinajstić information content (AvgIpc) is 3.08. The first-order valence-electron chi connectivity index (χ1n) is 8.59. The van der Waals surface area contributed by atoms with Gasteiger partial charge in [0.05, 0.1) is 5.56 Å². The van der Waals surface area contributed by atoms with Gasteiger partial charge in [0.25, 0.3) is 0 Å². The number of hydrogen-bond donors (Lipinski definition) is 2. The fraction of sp³-hybridized carbons (Fsp3) is 0.150. The second-order valence-electron chi connectivity index (χ2n) is 6.38. The number of thiophene rings is 1. The molecule has 0 aliphatic heterocycles. The van der Waals surface area contributed by atoms with E-state index in [1.54, 1.807) is 23.6 Å². The topological polar surface area (TPSA) is 66.4 Å². The van der Waals surface area contributed by atoms with Crippen LogP contribution in [0.2, 0.25) is 5.02 Å². The minimum Gasteiger partial charge on any atom is -0.332 e. The van der Waals surface area contributed by atoms with E-state index in [0.29, 0.717) is 16.0 Å². The summed E-state index contributed by atoms with van der Waals surface area (Å²) >= 11 is 7.42. The summed E-state index contributed by atoms with van der Waals surface area (Å²) in [6.45, 7) is 0. The Morgan fingerprint density at radius 3 is 2.73 bits per heavy atom. The second kappa shape index (κ2) is 9.27. The Morgan fingerprint density at radius 2 is 2.03 bits per heavy atom. The van der Waals surface area contributed by atoms with Gasteiger partial charge in [-0.05, 0) is 62.9 Å². The Labute approximate surface area is 179 Å². The lowest BCUT2D eigenvalue weighted by Crippen LogP contribution is -2.26. The smallest absolute Gasteiger partial charge is 0.332 e. The van der Waals surface area contributed by atoms with Crippen LogP contribution in [-0.2, 0) is 15.5 Å². The van der Waals surface area contributed by atoms with Gasteiger partial charge in [0.15, 0.2) is 6.16 Å². The average molecular weight is 473 g/mol. The molecule has 30 heavy (non-hydrogen) atoms. The van der Waals surface area contributed by atoms with E-state index in [0.717, 1.165) is 16.8 Å². The van der Waals surface area contributed by atoms with Gasteiger partial charge in [-0.1, -0.05) is 23.7 Å². The molecule has 0 radical (unpaired) electrons. The zero-order valence-corrected chi connectivity index (χ0v) is 17.7. The van der Waals surface area contributed by atoms with E-state index in [1.165, 1.54) is 35.7 Å². The molecule has 0 aliphatic carbocycles. The van der Waals surface area contributed by atoms with Crippen molar-refractivity contribution in [2.24, 2.45) is 0 Å². The summed E-state index contributed by atoms with van der Waals surface area (Å²) < 4.78 is 50.7. The lowest BCUT2D eigenvalue weighted by molar-refractivity contribution is -0.137. The van der Waals surface area contributed by atoms with E-state index >= 15 is 0 Å². The van der Waals surface area contributed by atoms with Crippen molar-refractivity contribution >= 4 is 53.0 Å². The molecule has 10 heteroatoms. The molecule has 1 amide bonds. The van der Waals surface area contributed by atoms with E-state index in [1.807, 2.05) is 0 Å². The molecule has 2 unspecified atom stereocenters.